The van der Waals surface area contributed by atoms with Crippen LogP contribution in [-0.4, -0.2) is 4.98 Å². The molecule has 1 heterocycles. The fraction of sp³-hybridized carbons (Fsp3) is 0.308. The molecule has 0 fully saturated rings. The van der Waals surface area contributed by atoms with Crippen molar-refractivity contribution in [1.82, 2.24) is 10.3 Å². The van der Waals surface area contributed by atoms with Crippen molar-refractivity contribution in [2.75, 3.05) is 0 Å². The van der Waals surface area contributed by atoms with Crippen LogP contribution in [0.1, 0.15) is 29.8 Å². The Morgan fingerprint density at radius 2 is 2.06 bits per heavy atom. The lowest BCUT2D eigenvalue weighted by Crippen LogP contribution is -2.18. The molecule has 1 aromatic carbocycles. The predicted molar refractivity (Wildman–Crippen MR) is 71.4 cm³/mol. The Labute approximate surface area is 105 Å². The molecule has 2 rings (SSSR count). The number of aryl methyl sites for hydroxylation is 1. The first kappa shape index (κ1) is 12.1. The standard InChI is InChI=1S/C13H16N2OS/c1-9-3-5-11(6-4-9)10(2)14-7-12-8-17-13(16)15-12/h3-6,8,10,14H,7H2,1-2H3,(H,15,16). The number of benzene rings is 1. The van der Waals surface area contributed by atoms with E-state index in [9.17, 15) is 4.79 Å². The molecule has 0 bridgehead atoms. The topological polar surface area (TPSA) is 44.9 Å². The molecule has 0 aliphatic heterocycles. The number of hydrogen-bond donors (Lipinski definition) is 2. The van der Waals surface area contributed by atoms with Gasteiger partial charge in [0, 0.05) is 23.7 Å². The fourth-order valence-electron chi connectivity index (χ4n) is 1.64. The van der Waals surface area contributed by atoms with Gasteiger partial charge in [-0.2, -0.15) is 0 Å². The SMILES string of the molecule is Cc1ccc(C(C)NCc2csc(=O)[nH]2)cc1. The predicted octanol–water partition coefficient (Wildman–Crippen LogP) is 2.60. The molecule has 0 saturated carbocycles. The summed E-state index contributed by atoms with van der Waals surface area (Å²) >= 11 is 1.20. The molecule has 17 heavy (non-hydrogen) atoms. The molecule has 0 saturated heterocycles. The lowest BCUT2D eigenvalue weighted by molar-refractivity contribution is 0.568. The second-order valence-corrected chi connectivity index (χ2v) is 5.03. The molecule has 1 aromatic heterocycles. The number of hydrogen-bond acceptors (Lipinski definition) is 3. The second-order valence-electron chi connectivity index (χ2n) is 4.19. The van der Waals surface area contributed by atoms with Crippen molar-refractivity contribution in [2.24, 2.45) is 0 Å². The molecule has 2 N–H and O–H groups in total. The highest BCUT2D eigenvalue weighted by molar-refractivity contribution is 7.07. The van der Waals surface area contributed by atoms with E-state index in [-0.39, 0.29) is 10.9 Å². The summed E-state index contributed by atoms with van der Waals surface area (Å²) in [6.45, 7) is 4.89. The van der Waals surface area contributed by atoms with Gasteiger partial charge in [-0.15, -0.1) is 0 Å². The zero-order valence-electron chi connectivity index (χ0n) is 9.99. The maximum atomic E-state index is 11.0. The molecule has 0 amide bonds. The van der Waals surface area contributed by atoms with Gasteiger partial charge >= 0.3 is 4.87 Å². The summed E-state index contributed by atoms with van der Waals surface area (Å²) in [5.74, 6) is 0. The van der Waals surface area contributed by atoms with Crippen LogP contribution in [0.2, 0.25) is 0 Å². The van der Waals surface area contributed by atoms with E-state index in [1.54, 1.807) is 0 Å². The Bertz CT molecular complexity index is 527. The molecule has 1 atom stereocenters. The summed E-state index contributed by atoms with van der Waals surface area (Å²) < 4.78 is 0. The third kappa shape index (κ3) is 3.28. The van der Waals surface area contributed by atoms with Crippen LogP contribution in [0.25, 0.3) is 0 Å². The number of thiazole rings is 1. The minimum atomic E-state index is 0.00443. The summed E-state index contributed by atoms with van der Waals surface area (Å²) in [5.41, 5.74) is 3.47. The van der Waals surface area contributed by atoms with Crippen LogP contribution in [0.3, 0.4) is 0 Å². The summed E-state index contributed by atoms with van der Waals surface area (Å²) in [7, 11) is 0. The van der Waals surface area contributed by atoms with Crippen molar-refractivity contribution in [2.45, 2.75) is 26.4 Å². The minimum Gasteiger partial charge on any atom is -0.315 e. The van der Waals surface area contributed by atoms with Gasteiger partial charge in [-0.05, 0) is 19.4 Å². The van der Waals surface area contributed by atoms with Gasteiger partial charge in [0.05, 0.1) is 0 Å². The quantitative estimate of drug-likeness (QED) is 0.873. The van der Waals surface area contributed by atoms with Crippen LogP contribution in [0.15, 0.2) is 34.4 Å². The molecule has 90 valence electrons. The third-order valence-electron chi connectivity index (χ3n) is 2.75. The summed E-state index contributed by atoms with van der Waals surface area (Å²) in [4.78, 5) is 13.8. The average Bonchev–Trinajstić information content (AvgIpc) is 2.73. The average molecular weight is 248 g/mol. The van der Waals surface area contributed by atoms with Crippen LogP contribution in [0.5, 0.6) is 0 Å². The summed E-state index contributed by atoms with van der Waals surface area (Å²) in [6.07, 6.45) is 0. The Hall–Kier alpha value is -1.39. The van der Waals surface area contributed by atoms with Crippen molar-refractivity contribution >= 4 is 11.3 Å². The van der Waals surface area contributed by atoms with Crippen LogP contribution in [0, 0.1) is 6.92 Å². The van der Waals surface area contributed by atoms with E-state index in [1.165, 1.54) is 22.5 Å². The zero-order chi connectivity index (χ0) is 12.3. The number of nitrogens with one attached hydrogen (secondary N) is 2. The van der Waals surface area contributed by atoms with Crippen molar-refractivity contribution in [1.29, 1.82) is 0 Å². The van der Waals surface area contributed by atoms with Gasteiger partial charge in [-0.3, -0.25) is 4.79 Å². The molecule has 0 aliphatic carbocycles. The van der Waals surface area contributed by atoms with Gasteiger partial charge in [0.1, 0.15) is 0 Å². The maximum absolute atomic E-state index is 11.0. The highest BCUT2D eigenvalue weighted by Gasteiger charge is 2.05. The lowest BCUT2D eigenvalue weighted by Gasteiger charge is -2.13. The second kappa shape index (κ2) is 5.29. The van der Waals surface area contributed by atoms with Crippen LogP contribution >= 0.6 is 11.3 Å². The van der Waals surface area contributed by atoms with Crippen LogP contribution < -0.4 is 10.2 Å². The van der Waals surface area contributed by atoms with Gasteiger partial charge in [-0.25, -0.2) is 0 Å². The van der Waals surface area contributed by atoms with E-state index >= 15 is 0 Å². The molecule has 1 unspecified atom stereocenters. The zero-order valence-corrected chi connectivity index (χ0v) is 10.8. The van der Waals surface area contributed by atoms with E-state index in [0.717, 1.165) is 5.69 Å². The maximum Gasteiger partial charge on any atom is 0.304 e. The molecule has 0 spiro atoms. The van der Waals surface area contributed by atoms with Gasteiger partial charge in [0.2, 0.25) is 0 Å². The fourth-order valence-corrected chi connectivity index (χ4v) is 2.22. The minimum absolute atomic E-state index is 0.00443. The first-order valence-corrected chi connectivity index (χ1v) is 6.50. The van der Waals surface area contributed by atoms with E-state index in [4.69, 9.17) is 0 Å². The molecule has 3 nitrogen and oxygen atoms in total. The number of H-pyrrole nitrogens is 1. The highest BCUT2D eigenvalue weighted by Crippen LogP contribution is 2.13. The first-order valence-electron chi connectivity index (χ1n) is 5.62. The van der Waals surface area contributed by atoms with E-state index in [2.05, 4.69) is 48.4 Å². The molecule has 0 aliphatic rings. The van der Waals surface area contributed by atoms with Crippen LogP contribution in [-0.2, 0) is 6.54 Å². The van der Waals surface area contributed by atoms with E-state index in [1.807, 2.05) is 5.38 Å². The molecule has 4 heteroatoms. The Morgan fingerprint density at radius 3 is 2.65 bits per heavy atom. The lowest BCUT2D eigenvalue weighted by atomic mass is 10.1. The van der Waals surface area contributed by atoms with Gasteiger partial charge in [0.25, 0.3) is 0 Å². The normalized spacial score (nSPS) is 12.6. The van der Waals surface area contributed by atoms with E-state index < -0.39 is 0 Å². The monoisotopic (exact) mass is 248 g/mol. The largest absolute Gasteiger partial charge is 0.315 e. The Kier molecular flexibility index (Phi) is 3.76. The van der Waals surface area contributed by atoms with Crippen molar-refractivity contribution in [3.63, 3.8) is 0 Å². The van der Waals surface area contributed by atoms with Crippen molar-refractivity contribution in [3.8, 4) is 0 Å². The van der Waals surface area contributed by atoms with Gasteiger partial charge < -0.3 is 10.3 Å². The summed E-state index contributed by atoms with van der Waals surface area (Å²) in [6, 6.07) is 8.76. The third-order valence-corrected chi connectivity index (χ3v) is 3.47. The molecular weight excluding hydrogens is 232 g/mol. The number of aromatic nitrogens is 1. The van der Waals surface area contributed by atoms with Crippen LogP contribution in [0.4, 0.5) is 0 Å². The summed E-state index contributed by atoms with van der Waals surface area (Å²) in [5, 5.41) is 5.24. The Morgan fingerprint density at radius 1 is 1.35 bits per heavy atom. The Balaban J connectivity index is 1.95. The number of aromatic amines is 1. The van der Waals surface area contributed by atoms with Gasteiger partial charge in [-0.1, -0.05) is 41.2 Å². The van der Waals surface area contributed by atoms with Crippen molar-refractivity contribution < 1.29 is 0 Å². The molecular formula is C13H16N2OS. The smallest absolute Gasteiger partial charge is 0.304 e. The first-order chi connectivity index (χ1) is 8.15. The van der Waals surface area contributed by atoms with Gasteiger partial charge in [0.15, 0.2) is 0 Å². The number of rotatable bonds is 4. The molecule has 0 radical (unpaired) electrons. The van der Waals surface area contributed by atoms with Crippen molar-refractivity contribution in [3.05, 3.63) is 56.1 Å². The highest BCUT2D eigenvalue weighted by atomic mass is 32.1. The van der Waals surface area contributed by atoms with E-state index in [0.29, 0.717) is 6.54 Å². The molecule has 2 aromatic rings.